The Balaban J connectivity index is 1.08. The first kappa shape index (κ1) is 22.7. The fourth-order valence-electron chi connectivity index (χ4n) is 5.19. The molecule has 0 atom stereocenters. The maximum Gasteiger partial charge on any atom is 0.224 e. The van der Waals surface area contributed by atoms with Crippen LogP contribution in [0, 0.1) is 5.92 Å². The first-order valence-corrected chi connectivity index (χ1v) is 12.6. The molecule has 6 heteroatoms. The molecule has 2 aliphatic rings. The van der Waals surface area contributed by atoms with E-state index in [-0.39, 0.29) is 5.91 Å². The van der Waals surface area contributed by atoms with E-state index in [1.807, 2.05) is 48.5 Å². The fraction of sp³-hybridized carbons (Fsp3) is 0.429. The molecule has 0 bridgehead atoms. The summed E-state index contributed by atoms with van der Waals surface area (Å²) in [7, 11) is 0. The van der Waals surface area contributed by atoms with Gasteiger partial charge in [-0.15, -0.1) is 0 Å². The van der Waals surface area contributed by atoms with Crippen LogP contribution in [0.15, 0.2) is 65.2 Å². The van der Waals surface area contributed by atoms with E-state index >= 15 is 0 Å². The van der Waals surface area contributed by atoms with E-state index in [2.05, 4.69) is 32.8 Å². The topological polar surface area (TPSA) is 70.4 Å². The summed E-state index contributed by atoms with van der Waals surface area (Å²) in [5.41, 5.74) is 4.07. The first-order valence-electron chi connectivity index (χ1n) is 12.6. The summed E-state index contributed by atoms with van der Waals surface area (Å²) in [4.78, 5) is 14.8. The minimum Gasteiger partial charge on any atom is -0.371 e. The van der Waals surface area contributed by atoms with Crippen LogP contribution in [0.25, 0.3) is 11.3 Å². The van der Waals surface area contributed by atoms with Gasteiger partial charge in [0.1, 0.15) is 0 Å². The van der Waals surface area contributed by atoms with Crippen LogP contribution in [0.5, 0.6) is 0 Å². The molecule has 1 saturated carbocycles. The summed E-state index contributed by atoms with van der Waals surface area (Å²) in [6.07, 6.45) is 7.72. The molecule has 5 rings (SSSR count). The molecular formula is C28H34N4O2. The molecule has 6 nitrogen and oxygen atoms in total. The summed E-state index contributed by atoms with van der Waals surface area (Å²) in [6, 6.07) is 20.8. The molecule has 178 valence electrons. The Morgan fingerprint density at radius 1 is 0.971 bits per heavy atom. The Morgan fingerprint density at radius 2 is 1.76 bits per heavy atom. The van der Waals surface area contributed by atoms with Crippen molar-refractivity contribution in [2.45, 2.75) is 57.5 Å². The van der Waals surface area contributed by atoms with Gasteiger partial charge in [0, 0.05) is 55.1 Å². The SMILES string of the molecule is O=C(CC1CCCC1)Nc1cccc(N2CCC(NCc3cc(-c4ccccc4)on3)CC2)c1. The number of hydrogen-bond donors (Lipinski definition) is 2. The highest BCUT2D eigenvalue weighted by Crippen LogP contribution is 2.28. The number of rotatable bonds is 8. The number of nitrogens with one attached hydrogen (secondary N) is 2. The third kappa shape index (κ3) is 5.86. The van der Waals surface area contributed by atoms with E-state index in [9.17, 15) is 4.79 Å². The number of nitrogens with zero attached hydrogens (tertiary/aromatic N) is 2. The van der Waals surface area contributed by atoms with Gasteiger partial charge in [0.2, 0.25) is 5.91 Å². The molecule has 2 N–H and O–H groups in total. The van der Waals surface area contributed by atoms with E-state index in [0.717, 1.165) is 48.6 Å². The fourth-order valence-corrected chi connectivity index (χ4v) is 5.19. The van der Waals surface area contributed by atoms with Crippen molar-refractivity contribution in [1.29, 1.82) is 0 Å². The molecule has 2 heterocycles. The third-order valence-corrected chi connectivity index (χ3v) is 7.13. The lowest BCUT2D eigenvalue weighted by atomic mass is 10.0. The van der Waals surface area contributed by atoms with Crippen LogP contribution in [-0.4, -0.2) is 30.2 Å². The van der Waals surface area contributed by atoms with Crippen molar-refractivity contribution in [3.8, 4) is 11.3 Å². The molecule has 1 saturated heterocycles. The average molecular weight is 459 g/mol. The van der Waals surface area contributed by atoms with Gasteiger partial charge in [0.15, 0.2) is 5.76 Å². The smallest absolute Gasteiger partial charge is 0.224 e. The maximum atomic E-state index is 12.4. The number of carbonyl (C=O) groups is 1. The zero-order chi connectivity index (χ0) is 23.2. The Kier molecular flexibility index (Phi) is 7.25. The van der Waals surface area contributed by atoms with E-state index < -0.39 is 0 Å². The monoisotopic (exact) mass is 458 g/mol. The second kappa shape index (κ2) is 10.9. The zero-order valence-corrected chi connectivity index (χ0v) is 19.7. The molecule has 1 aliphatic carbocycles. The van der Waals surface area contributed by atoms with Crippen molar-refractivity contribution in [2.24, 2.45) is 5.92 Å². The van der Waals surface area contributed by atoms with Gasteiger partial charge < -0.3 is 20.1 Å². The number of anilines is 2. The van der Waals surface area contributed by atoms with Crippen molar-refractivity contribution in [2.75, 3.05) is 23.3 Å². The predicted octanol–water partition coefficient (Wildman–Crippen LogP) is 5.62. The molecule has 2 fully saturated rings. The predicted molar refractivity (Wildman–Crippen MR) is 136 cm³/mol. The van der Waals surface area contributed by atoms with Gasteiger partial charge >= 0.3 is 0 Å². The van der Waals surface area contributed by atoms with Crippen LogP contribution >= 0.6 is 0 Å². The molecular weight excluding hydrogens is 424 g/mol. The van der Waals surface area contributed by atoms with E-state index in [1.165, 1.54) is 31.4 Å². The summed E-state index contributed by atoms with van der Waals surface area (Å²) >= 11 is 0. The van der Waals surface area contributed by atoms with Gasteiger partial charge in [-0.05, 0) is 49.8 Å². The number of benzene rings is 2. The standard InChI is InChI=1S/C28H34N4O2/c33-28(17-21-7-4-5-8-21)30-24-11-6-12-26(18-24)32-15-13-23(14-16-32)29-20-25-19-27(34-31-25)22-9-2-1-3-10-22/h1-3,6,9-12,18-19,21,23,29H,4-5,7-8,13-17,20H2,(H,30,33). The van der Waals surface area contributed by atoms with Gasteiger partial charge in [-0.3, -0.25) is 4.79 Å². The highest BCUT2D eigenvalue weighted by molar-refractivity contribution is 5.91. The maximum absolute atomic E-state index is 12.4. The summed E-state index contributed by atoms with van der Waals surface area (Å²) < 4.78 is 5.51. The van der Waals surface area contributed by atoms with Gasteiger partial charge in [-0.2, -0.15) is 0 Å². The van der Waals surface area contributed by atoms with Crippen molar-refractivity contribution < 1.29 is 9.32 Å². The molecule has 3 aromatic rings. The minimum atomic E-state index is 0.148. The van der Waals surface area contributed by atoms with E-state index in [1.54, 1.807) is 0 Å². The van der Waals surface area contributed by atoms with E-state index in [4.69, 9.17) is 4.52 Å². The average Bonchev–Trinajstić information content (AvgIpc) is 3.56. The van der Waals surface area contributed by atoms with Crippen molar-refractivity contribution in [3.63, 3.8) is 0 Å². The molecule has 0 radical (unpaired) electrons. The second-order valence-corrected chi connectivity index (χ2v) is 9.64. The highest BCUT2D eigenvalue weighted by Gasteiger charge is 2.21. The quantitative estimate of drug-likeness (QED) is 0.459. The number of piperidine rings is 1. The highest BCUT2D eigenvalue weighted by atomic mass is 16.5. The number of hydrogen-bond acceptors (Lipinski definition) is 5. The number of carbonyl (C=O) groups excluding carboxylic acids is 1. The van der Waals surface area contributed by atoms with Gasteiger partial charge in [-0.25, -0.2) is 0 Å². The van der Waals surface area contributed by atoms with Gasteiger partial charge in [-0.1, -0.05) is 54.4 Å². The molecule has 2 aromatic carbocycles. The molecule has 0 spiro atoms. The van der Waals surface area contributed by atoms with Gasteiger partial charge in [0.05, 0.1) is 5.69 Å². The Morgan fingerprint density at radius 3 is 2.56 bits per heavy atom. The molecule has 1 aromatic heterocycles. The molecule has 0 unspecified atom stereocenters. The summed E-state index contributed by atoms with van der Waals surface area (Å²) in [6.45, 7) is 2.69. The third-order valence-electron chi connectivity index (χ3n) is 7.13. The molecule has 34 heavy (non-hydrogen) atoms. The number of aromatic nitrogens is 1. The molecule has 1 aliphatic heterocycles. The number of amides is 1. The van der Waals surface area contributed by atoms with Crippen molar-refractivity contribution >= 4 is 17.3 Å². The second-order valence-electron chi connectivity index (χ2n) is 9.64. The van der Waals surface area contributed by atoms with Crippen LogP contribution in [0.4, 0.5) is 11.4 Å². The largest absolute Gasteiger partial charge is 0.371 e. The van der Waals surface area contributed by atoms with Crippen LogP contribution in [0.2, 0.25) is 0 Å². The van der Waals surface area contributed by atoms with Crippen LogP contribution < -0.4 is 15.5 Å². The first-order chi connectivity index (χ1) is 16.7. The van der Waals surface area contributed by atoms with Crippen molar-refractivity contribution in [1.82, 2.24) is 10.5 Å². The lowest BCUT2D eigenvalue weighted by molar-refractivity contribution is -0.117. The van der Waals surface area contributed by atoms with Gasteiger partial charge in [0.25, 0.3) is 0 Å². The Hall–Kier alpha value is -3.12. The molecule has 1 amide bonds. The van der Waals surface area contributed by atoms with Crippen LogP contribution in [0.1, 0.15) is 50.6 Å². The Bertz CT molecular complexity index is 1070. The lowest BCUT2D eigenvalue weighted by Gasteiger charge is -2.34. The lowest BCUT2D eigenvalue weighted by Crippen LogP contribution is -2.42. The zero-order valence-electron chi connectivity index (χ0n) is 19.7. The summed E-state index contributed by atoms with van der Waals surface area (Å²) in [5.74, 6) is 1.52. The van der Waals surface area contributed by atoms with Crippen LogP contribution in [0.3, 0.4) is 0 Å². The summed E-state index contributed by atoms with van der Waals surface area (Å²) in [5, 5.41) is 11.0. The normalized spacial score (nSPS) is 17.2. The van der Waals surface area contributed by atoms with Crippen LogP contribution in [-0.2, 0) is 11.3 Å². The minimum absolute atomic E-state index is 0.148. The van der Waals surface area contributed by atoms with E-state index in [0.29, 0.717) is 24.9 Å². The Labute approximate surface area is 201 Å². The van der Waals surface area contributed by atoms with Crippen molar-refractivity contribution in [3.05, 3.63) is 66.4 Å².